The molecule has 0 unspecified atom stereocenters. The van der Waals surface area contributed by atoms with E-state index < -0.39 is 11.7 Å². The number of anilines is 3. The molecule has 3 N–H and O–H groups in total. The maximum atomic E-state index is 12.6. The summed E-state index contributed by atoms with van der Waals surface area (Å²) in [4.78, 5) is 3.82. The highest BCUT2D eigenvalue weighted by Gasteiger charge is 2.31. The zero-order valence-corrected chi connectivity index (χ0v) is 10.3. The Morgan fingerprint density at radius 3 is 2.53 bits per heavy atom. The molecule has 0 spiro atoms. The molecule has 0 saturated heterocycles. The number of nitrogens with zero attached hydrogens (tertiary/aromatic N) is 3. The van der Waals surface area contributed by atoms with Gasteiger partial charge >= 0.3 is 6.18 Å². The third-order valence-electron chi connectivity index (χ3n) is 2.45. The van der Waals surface area contributed by atoms with E-state index in [1.54, 1.807) is 24.9 Å². The Morgan fingerprint density at radius 1 is 1.32 bits per heavy atom. The normalized spacial score (nSPS) is 11.6. The van der Waals surface area contributed by atoms with E-state index in [-0.39, 0.29) is 11.6 Å². The summed E-state index contributed by atoms with van der Waals surface area (Å²) in [5, 5.41) is 6.85. The average Bonchev–Trinajstić information content (AvgIpc) is 2.55. The highest BCUT2D eigenvalue weighted by molar-refractivity contribution is 5.60. The van der Waals surface area contributed by atoms with E-state index in [0.29, 0.717) is 11.4 Å². The van der Waals surface area contributed by atoms with Crippen molar-refractivity contribution in [2.45, 2.75) is 13.1 Å². The van der Waals surface area contributed by atoms with Crippen molar-refractivity contribution in [2.24, 2.45) is 7.05 Å². The fourth-order valence-corrected chi connectivity index (χ4v) is 1.64. The van der Waals surface area contributed by atoms with Crippen molar-refractivity contribution in [3.8, 4) is 0 Å². The van der Waals surface area contributed by atoms with Crippen LogP contribution in [0.5, 0.6) is 0 Å². The first-order chi connectivity index (χ1) is 8.75. The van der Waals surface area contributed by atoms with E-state index in [1.165, 1.54) is 0 Å². The molecule has 0 aromatic carbocycles. The minimum Gasteiger partial charge on any atom is -0.384 e. The van der Waals surface area contributed by atoms with Crippen molar-refractivity contribution < 1.29 is 13.2 Å². The quantitative estimate of drug-likeness (QED) is 0.880. The molecule has 0 saturated carbocycles. The zero-order chi connectivity index (χ0) is 14.2. The Balaban J connectivity index is 2.35. The molecule has 5 nitrogen and oxygen atoms in total. The molecule has 2 aromatic heterocycles. The van der Waals surface area contributed by atoms with Crippen LogP contribution in [0.15, 0.2) is 18.3 Å². The fourth-order valence-electron chi connectivity index (χ4n) is 1.64. The molecule has 0 bridgehead atoms. The van der Waals surface area contributed by atoms with Crippen molar-refractivity contribution in [3.63, 3.8) is 0 Å². The minimum atomic E-state index is -4.46. The number of hydrogen-bond donors (Lipinski definition) is 2. The molecule has 2 heterocycles. The summed E-state index contributed by atoms with van der Waals surface area (Å²) >= 11 is 0. The van der Waals surface area contributed by atoms with Crippen LogP contribution in [-0.2, 0) is 13.2 Å². The molecule has 19 heavy (non-hydrogen) atoms. The highest BCUT2D eigenvalue weighted by Crippen LogP contribution is 2.32. The third-order valence-corrected chi connectivity index (χ3v) is 2.45. The van der Waals surface area contributed by atoms with Crippen LogP contribution in [0.1, 0.15) is 11.3 Å². The number of pyridine rings is 1. The molecular formula is C11H12F3N5. The van der Waals surface area contributed by atoms with Gasteiger partial charge in [-0.05, 0) is 19.1 Å². The molecule has 0 aliphatic heterocycles. The summed E-state index contributed by atoms with van der Waals surface area (Å²) in [5.74, 6) is -0.165. The third kappa shape index (κ3) is 2.95. The topological polar surface area (TPSA) is 68.8 Å². The van der Waals surface area contributed by atoms with E-state index in [2.05, 4.69) is 15.4 Å². The molecule has 102 valence electrons. The average molecular weight is 271 g/mol. The summed E-state index contributed by atoms with van der Waals surface area (Å²) < 4.78 is 39.5. The Morgan fingerprint density at radius 2 is 2.00 bits per heavy atom. The molecule has 0 amide bonds. The van der Waals surface area contributed by atoms with Gasteiger partial charge in [0.2, 0.25) is 0 Å². The van der Waals surface area contributed by atoms with Gasteiger partial charge in [0.05, 0.1) is 16.9 Å². The smallest absolute Gasteiger partial charge is 0.384 e. The summed E-state index contributed by atoms with van der Waals surface area (Å²) in [6, 6.07) is 1.70. The van der Waals surface area contributed by atoms with Crippen LogP contribution in [0.2, 0.25) is 0 Å². The molecule has 2 rings (SSSR count). The SMILES string of the molecule is Cc1nn(C)cc1Nc1cc(C(F)(F)F)cc(N)n1. The molecule has 8 heteroatoms. The van der Waals surface area contributed by atoms with Gasteiger partial charge in [0, 0.05) is 13.2 Å². The summed E-state index contributed by atoms with van der Waals surface area (Å²) in [6.07, 6.45) is -2.81. The maximum absolute atomic E-state index is 12.6. The lowest BCUT2D eigenvalue weighted by molar-refractivity contribution is -0.137. The lowest BCUT2D eigenvalue weighted by atomic mass is 10.2. The van der Waals surface area contributed by atoms with Gasteiger partial charge in [-0.25, -0.2) is 4.98 Å². The molecule has 0 aliphatic carbocycles. The summed E-state index contributed by atoms with van der Waals surface area (Å²) in [7, 11) is 1.71. The molecule has 2 aromatic rings. The van der Waals surface area contributed by atoms with Crippen molar-refractivity contribution in [1.82, 2.24) is 14.8 Å². The zero-order valence-electron chi connectivity index (χ0n) is 10.3. The van der Waals surface area contributed by atoms with E-state index in [4.69, 9.17) is 5.73 Å². The van der Waals surface area contributed by atoms with Crippen LogP contribution in [0.25, 0.3) is 0 Å². The predicted octanol–water partition coefficient (Wildman–Crippen LogP) is 2.47. The van der Waals surface area contributed by atoms with Gasteiger partial charge in [0.1, 0.15) is 11.6 Å². The Labute approximate surface area is 107 Å². The molecule has 0 atom stereocenters. The number of nitrogen functional groups attached to an aromatic ring is 1. The molecule has 0 radical (unpaired) electrons. The standard InChI is InChI=1S/C11H12F3N5/c1-6-8(5-19(2)18-6)16-10-4-7(11(12,13)14)3-9(15)17-10/h3-5H,1-2H3,(H3,15,16,17). The number of aryl methyl sites for hydroxylation is 2. The fraction of sp³-hybridized carbons (Fsp3) is 0.273. The van der Waals surface area contributed by atoms with Crippen molar-refractivity contribution in [2.75, 3.05) is 11.1 Å². The first kappa shape index (κ1) is 13.2. The maximum Gasteiger partial charge on any atom is 0.416 e. The summed E-state index contributed by atoms with van der Waals surface area (Å²) in [6.45, 7) is 1.74. The van der Waals surface area contributed by atoms with E-state index in [1.807, 2.05) is 0 Å². The number of rotatable bonds is 2. The van der Waals surface area contributed by atoms with Gasteiger partial charge in [-0.3, -0.25) is 4.68 Å². The van der Waals surface area contributed by atoms with Crippen molar-refractivity contribution >= 4 is 17.3 Å². The summed E-state index contributed by atoms with van der Waals surface area (Å²) in [5.41, 5.74) is 5.77. The van der Waals surface area contributed by atoms with Gasteiger partial charge < -0.3 is 11.1 Å². The first-order valence-electron chi connectivity index (χ1n) is 5.38. The van der Waals surface area contributed by atoms with E-state index in [9.17, 15) is 13.2 Å². The van der Waals surface area contributed by atoms with Gasteiger partial charge in [-0.2, -0.15) is 18.3 Å². The number of aromatic nitrogens is 3. The number of hydrogen-bond acceptors (Lipinski definition) is 4. The van der Waals surface area contributed by atoms with Crippen LogP contribution in [0.4, 0.5) is 30.5 Å². The predicted molar refractivity (Wildman–Crippen MR) is 64.9 cm³/mol. The Bertz CT molecular complexity index is 603. The van der Waals surface area contributed by atoms with E-state index >= 15 is 0 Å². The monoisotopic (exact) mass is 271 g/mol. The lowest BCUT2D eigenvalue weighted by Gasteiger charge is -2.10. The van der Waals surface area contributed by atoms with Crippen LogP contribution in [0.3, 0.4) is 0 Å². The minimum absolute atomic E-state index is 0.0309. The van der Waals surface area contributed by atoms with Crippen LogP contribution >= 0.6 is 0 Å². The molecule has 0 fully saturated rings. The molecular weight excluding hydrogens is 259 g/mol. The Kier molecular flexibility index (Phi) is 3.09. The van der Waals surface area contributed by atoms with Gasteiger partial charge in [0.25, 0.3) is 0 Å². The van der Waals surface area contributed by atoms with E-state index in [0.717, 1.165) is 12.1 Å². The van der Waals surface area contributed by atoms with Gasteiger partial charge in [-0.1, -0.05) is 0 Å². The number of nitrogens with one attached hydrogen (secondary N) is 1. The van der Waals surface area contributed by atoms with Gasteiger partial charge in [-0.15, -0.1) is 0 Å². The van der Waals surface area contributed by atoms with Gasteiger partial charge in [0.15, 0.2) is 0 Å². The largest absolute Gasteiger partial charge is 0.416 e. The number of nitrogens with two attached hydrogens (primary N) is 1. The molecule has 0 aliphatic rings. The second-order valence-corrected chi connectivity index (χ2v) is 4.09. The van der Waals surface area contributed by atoms with Crippen molar-refractivity contribution in [3.05, 3.63) is 29.6 Å². The van der Waals surface area contributed by atoms with Crippen molar-refractivity contribution in [1.29, 1.82) is 0 Å². The second kappa shape index (κ2) is 4.45. The first-order valence-corrected chi connectivity index (χ1v) is 5.38. The Hall–Kier alpha value is -2.25. The van der Waals surface area contributed by atoms with Crippen LogP contribution < -0.4 is 11.1 Å². The second-order valence-electron chi connectivity index (χ2n) is 4.09. The number of alkyl halides is 3. The lowest BCUT2D eigenvalue weighted by Crippen LogP contribution is -2.08. The van der Waals surface area contributed by atoms with Crippen LogP contribution in [0, 0.1) is 6.92 Å². The number of halogens is 3. The van der Waals surface area contributed by atoms with Crippen LogP contribution in [-0.4, -0.2) is 14.8 Å². The highest BCUT2D eigenvalue weighted by atomic mass is 19.4.